The molecule has 0 unspecified atom stereocenters. The van der Waals surface area contributed by atoms with Crippen molar-refractivity contribution in [1.29, 1.82) is 0 Å². The molecular weight excluding hydrogens is 347 g/mol. The van der Waals surface area contributed by atoms with Gasteiger partial charge >= 0.3 is 30.8 Å². The van der Waals surface area contributed by atoms with Crippen LogP contribution in [0.25, 0.3) is 0 Å². The van der Waals surface area contributed by atoms with E-state index >= 15 is 0 Å². The maximum absolute atomic E-state index is 11.0. The van der Waals surface area contributed by atoms with Gasteiger partial charge in [-0.05, 0) is 49.7 Å². The minimum Gasteiger partial charge on any atom is -0.870 e. The van der Waals surface area contributed by atoms with E-state index in [0.29, 0.717) is 5.69 Å². The standard InChI is InChI=1S/C9H12N2O2.C8H10N2O2.Li.H2O/c1-13-9(12)8-4-5-11(10-8)6-7-2-3-7;11-8(12)7-3-4-10(9-7)5-6-1-2-6;;/h4-5,7H,2-3,6H2,1H3;3-4,6H,1-2,5H2,(H,11,12);;1H2/q;;+1;/p-1. The molecule has 2 aliphatic carbocycles. The third kappa shape index (κ3) is 7.21. The Bertz CT molecular complexity index is 752. The zero-order valence-electron chi connectivity index (χ0n) is 15.6. The summed E-state index contributed by atoms with van der Waals surface area (Å²) in [5.74, 6) is 0.177. The topological polar surface area (TPSA) is 129 Å². The number of carboxylic acids is 1. The Hall–Kier alpha value is -2.08. The van der Waals surface area contributed by atoms with Gasteiger partial charge in [-0.1, -0.05) is 0 Å². The van der Waals surface area contributed by atoms with Gasteiger partial charge in [0.05, 0.1) is 7.11 Å². The van der Waals surface area contributed by atoms with Crippen LogP contribution in [0.3, 0.4) is 0 Å². The average Bonchev–Trinajstić information content (AvgIpc) is 3.48. The van der Waals surface area contributed by atoms with Crippen molar-refractivity contribution in [3.63, 3.8) is 0 Å². The van der Waals surface area contributed by atoms with Crippen molar-refractivity contribution in [3.8, 4) is 0 Å². The minimum absolute atomic E-state index is 0. The molecule has 2 fully saturated rings. The van der Waals surface area contributed by atoms with E-state index in [1.807, 2.05) is 10.9 Å². The van der Waals surface area contributed by atoms with Crippen molar-refractivity contribution >= 4 is 11.9 Å². The zero-order chi connectivity index (χ0) is 17.8. The Morgan fingerprint density at radius 2 is 1.48 bits per heavy atom. The number of carbonyl (C=O) groups is 2. The molecule has 2 N–H and O–H groups in total. The summed E-state index contributed by atoms with van der Waals surface area (Å²) < 4.78 is 8.07. The van der Waals surface area contributed by atoms with Gasteiger partial charge < -0.3 is 15.3 Å². The number of hydrogen-bond donors (Lipinski definition) is 1. The predicted octanol–water partition coefficient (Wildman–Crippen LogP) is -1.10. The maximum atomic E-state index is 11.0. The number of esters is 1. The van der Waals surface area contributed by atoms with E-state index in [4.69, 9.17) is 5.11 Å². The largest absolute Gasteiger partial charge is 1.00 e. The summed E-state index contributed by atoms with van der Waals surface area (Å²) in [4.78, 5) is 21.5. The summed E-state index contributed by atoms with van der Waals surface area (Å²) in [6.07, 6.45) is 8.62. The third-order valence-electron chi connectivity index (χ3n) is 4.18. The molecule has 10 heteroatoms. The maximum Gasteiger partial charge on any atom is 1.00 e. The van der Waals surface area contributed by atoms with E-state index in [-0.39, 0.29) is 36.0 Å². The van der Waals surface area contributed by atoms with Crippen LogP contribution < -0.4 is 18.9 Å². The van der Waals surface area contributed by atoms with Gasteiger partial charge in [0.25, 0.3) is 0 Å². The van der Waals surface area contributed by atoms with E-state index in [1.54, 1.807) is 16.9 Å². The van der Waals surface area contributed by atoms with Crippen molar-refractivity contribution < 1.29 is 43.8 Å². The molecule has 4 rings (SSSR count). The van der Waals surface area contributed by atoms with Crippen LogP contribution in [0.4, 0.5) is 0 Å². The van der Waals surface area contributed by atoms with Gasteiger partial charge in [-0.25, -0.2) is 9.59 Å². The van der Waals surface area contributed by atoms with Crippen LogP contribution in [0.5, 0.6) is 0 Å². The Morgan fingerprint density at radius 3 is 1.85 bits per heavy atom. The van der Waals surface area contributed by atoms with Crippen LogP contribution in [0.15, 0.2) is 24.5 Å². The molecule has 27 heavy (non-hydrogen) atoms. The number of nitrogens with zero attached hydrogens (tertiary/aromatic N) is 4. The van der Waals surface area contributed by atoms with E-state index in [9.17, 15) is 9.59 Å². The second-order valence-corrected chi connectivity index (χ2v) is 6.53. The van der Waals surface area contributed by atoms with Gasteiger partial charge in [0.2, 0.25) is 0 Å². The third-order valence-corrected chi connectivity index (χ3v) is 4.18. The molecule has 9 nitrogen and oxygen atoms in total. The summed E-state index contributed by atoms with van der Waals surface area (Å²) in [6.45, 7) is 1.80. The Kier molecular flexibility index (Phi) is 8.76. The fourth-order valence-electron chi connectivity index (χ4n) is 2.38. The summed E-state index contributed by atoms with van der Waals surface area (Å²) in [5, 5.41) is 16.6. The SMILES string of the molecule is COC(=O)c1ccn(CC2CC2)n1.O=C(O)c1ccn(CC2CC2)n1.[Li+].[OH-]. The fourth-order valence-corrected chi connectivity index (χ4v) is 2.38. The molecule has 0 saturated heterocycles. The smallest absolute Gasteiger partial charge is 0.870 e. The number of ether oxygens (including phenoxy) is 1. The first-order valence-corrected chi connectivity index (χ1v) is 8.43. The molecule has 2 aromatic heterocycles. The van der Waals surface area contributed by atoms with Crippen LogP contribution in [-0.4, -0.2) is 49.2 Å². The molecule has 2 aliphatic rings. The Balaban J connectivity index is 0.000000252. The van der Waals surface area contributed by atoms with E-state index in [0.717, 1.165) is 24.9 Å². The van der Waals surface area contributed by atoms with Gasteiger partial charge in [0.1, 0.15) is 0 Å². The molecular formula is C17H23LiN4O5. The quantitative estimate of drug-likeness (QED) is 0.504. The second kappa shape index (κ2) is 10.3. The number of carboxylic acid groups (broad SMARTS) is 1. The molecule has 0 aromatic carbocycles. The molecule has 0 bridgehead atoms. The van der Waals surface area contributed by atoms with E-state index < -0.39 is 5.97 Å². The monoisotopic (exact) mass is 370 g/mol. The first-order valence-electron chi connectivity index (χ1n) is 8.43. The summed E-state index contributed by atoms with van der Waals surface area (Å²) in [5.41, 5.74) is 0.527. The van der Waals surface area contributed by atoms with Crippen molar-refractivity contribution in [2.45, 2.75) is 38.8 Å². The molecule has 0 spiro atoms. The minimum atomic E-state index is -0.954. The zero-order valence-corrected chi connectivity index (χ0v) is 15.6. The molecule has 0 atom stereocenters. The molecule has 142 valence electrons. The second-order valence-electron chi connectivity index (χ2n) is 6.53. The van der Waals surface area contributed by atoms with Crippen molar-refractivity contribution in [2.75, 3.05) is 7.11 Å². The van der Waals surface area contributed by atoms with Crippen LogP contribution in [-0.2, 0) is 17.8 Å². The summed E-state index contributed by atoms with van der Waals surface area (Å²) in [6, 6.07) is 3.22. The van der Waals surface area contributed by atoms with Gasteiger partial charge in [0.15, 0.2) is 11.4 Å². The first kappa shape index (κ1) is 23.0. The van der Waals surface area contributed by atoms with Gasteiger partial charge in [-0.2, -0.15) is 10.2 Å². The van der Waals surface area contributed by atoms with E-state index in [2.05, 4.69) is 14.9 Å². The number of carbonyl (C=O) groups excluding carboxylic acids is 1. The summed E-state index contributed by atoms with van der Waals surface area (Å²) >= 11 is 0. The Labute approximate surface area is 169 Å². The van der Waals surface area contributed by atoms with Crippen LogP contribution >= 0.6 is 0 Å². The van der Waals surface area contributed by atoms with Crippen molar-refractivity contribution in [2.24, 2.45) is 11.8 Å². The molecule has 2 heterocycles. The molecule has 0 amide bonds. The first-order chi connectivity index (χ1) is 12.0. The number of aromatic nitrogens is 4. The van der Waals surface area contributed by atoms with Crippen LogP contribution in [0.2, 0.25) is 0 Å². The molecule has 2 aromatic rings. The molecule has 2 saturated carbocycles. The number of methoxy groups -OCH3 is 1. The number of hydrogen-bond acceptors (Lipinski definition) is 6. The molecule has 0 radical (unpaired) electrons. The van der Waals surface area contributed by atoms with Crippen LogP contribution in [0.1, 0.15) is 46.7 Å². The van der Waals surface area contributed by atoms with Gasteiger partial charge in [-0.3, -0.25) is 9.36 Å². The fraction of sp³-hybridized carbons (Fsp3) is 0.529. The van der Waals surface area contributed by atoms with Gasteiger partial charge in [-0.15, -0.1) is 0 Å². The van der Waals surface area contributed by atoms with Gasteiger partial charge in [0, 0.05) is 25.5 Å². The predicted molar refractivity (Wildman–Crippen MR) is 90.1 cm³/mol. The average molecular weight is 370 g/mol. The van der Waals surface area contributed by atoms with Crippen molar-refractivity contribution in [3.05, 3.63) is 35.9 Å². The molecule has 0 aliphatic heterocycles. The summed E-state index contributed by atoms with van der Waals surface area (Å²) in [7, 11) is 1.36. The normalized spacial score (nSPS) is 14.9. The van der Waals surface area contributed by atoms with E-state index in [1.165, 1.54) is 38.9 Å². The Morgan fingerprint density at radius 1 is 1.04 bits per heavy atom. The number of aromatic carboxylic acids is 1. The van der Waals surface area contributed by atoms with Crippen LogP contribution in [0, 0.1) is 11.8 Å². The number of rotatable bonds is 6. The van der Waals surface area contributed by atoms with Crippen molar-refractivity contribution in [1.82, 2.24) is 19.6 Å².